The molecule has 0 aliphatic heterocycles. The van der Waals surface area contributed by atoms with Crippen molar-refractivity contribution in [1.82, 2.24) is 0 Å². The van der Waals surface area contributed by atoms with Crippen molar-refractivity contribution < 1.29 is 14.6 Å². The molecule has 2 rings (SSSR count). The molecule has 0 saturated carbocycles. The fraction of sp³-hybridized carbons (Fsp3) is 0.278. The van der Waals surface area contributed by atoms with Crippen LogP contribution in [0, 0.1) is 20.8 Å². The van der Waals surface area contributed by atoms with E-state index < -0.39 is 12.0 Å². The summed E-state index contributed by atoms with van der Waals surface area (Å²) in [4.78, 5) is 11.2. The zero-order chi connectivity index (χ0) is 16.3. The molecular formula is C18H21NO3. The standard InChI is InChI=1S/C18H21NO3/c1-11-8-13(3)16(9-12(11)2)22-10-14-6-4-5-7-15(14)17(20)18(19)21/h4-9,17,20H,10H2,1-3H3,(H2,19,21). The van der Waals surface area contributed by atoms with E-state index in [1.807, 2.05) is 32.0 Å². The van der Waals surface area contributed by atoms with Gasteiger partial charge in [-0.05, 0) is 54.7 Å². The summed E-state index contributed by atoms with van der Waals surface area (Å²) in [6.07, 6.45) is -1.32. The van der Waals surface area contributed by atoms with E-state index in [-0.39, 0.29) is 6.61 Å². The van der Waals surface area contributed by atoms with E-state index in [1.165, 1.54) is 5.56 Å². The van der Waals surface area contributed by atoms with Crippen molar-refractivity contribution in [1.29, 1.82) is 0 Å². The van der Waals surface area contributed by atoms with Crippen LogP contribution in [-0.4, -0.2) is 11.0 Å². The quantitative estimate of drug-likeness (QED) is 0.891. The summed E-state index contributed by atoms with van der Waals surface area (Å²) in [7, 11) is 0. The second-order valence-electron chi connectivity index (χ2n) is 5.49. The van der Waals surface area contributed by atoms with Gasteiger partial charge in [-0.15, -0.1) is 0 Å². The molecule has 116 valence electrons. The van der Waals surface area contributed by atoms with Crippen LogP contribution >= 0.6 is 0 Å². The van der Waals surface area contributed by atoms with Crippen LogP contribution in [0.3, 0.4) is 0 Å². The minimum atomic E-state index is -1.32. The summed E-state index contributed by atoms with van der Waals surface area (Å²) >= 11 is 0. The molecule has 0 saturated heterocycles. The maximum absolute atomic E-state index is 11.2. The first kappa shape index (κ1) is 16.0. The van der Waals surface area contributed by atoms with Crippen molar-refractivity contribution in [3.05, 3.63) is 64.2 Å². The molecule has 0 spiro atoms. The van der Waals surface area contributed by atoms with Crippen LogP contribution in [0.1, 0.15) is 33.9 Å². The number of hydrogen-bond donors (Lipinski definition) is 2. The molecule has 0 aromatic heterocycles. The first-order valence-electron chi connectivity index (χ1n) is 7.16. The molecule has 3 N–H and O–H groups in total. The van der Waals surface area contributed by atoms with Gasteiger partial charge in [0, 0.05) is 0 Å². The molecule has 4 nitrogen and oxygen atoms in total. The summed E-state index contributed by atoms with van der Waals surface area (Å²) in [5.74, 6) is 0.0290. The van der Waals surface area contributed by atoms with Gasteiger partial charge >= 0.3 is 0 Å². The highest BCUT2D eigenvalue weighted by Crippen LogP contribution is 2.25. The van der Waals surface area contributed by atoms with Crippen molar-refractivity contribution in [3.8, 4) is 5.75 Å². The minimum absolute atomic E-state index is 0.268. The first-order chi connectivity index (χ1) is 10.4. The number of rotatable bonds is 5. The van der Waals surface area contributed by atoms with Crippen LogP contribution in [0.5, 0.6) is 5.75 Å². The van der Waals surface area contributed by atoms with Gasteiger partial charge in [-0.1, -0.05) is 30.3 Å². The number of benzene rings is 2. The average Bonchev–Trinajstić information content (AvgIpc) is 2.49. The number of amides is 1. The predicted molar refractivity (Wildman–Crippen MR) is 85.6 cm³/mol. The molecule has 1 atom stereocenters. The number of carbonyl (C=O) groups is 1. The van der Waals surface area contributed by atoms with Crippen molar-refractivity contribution in [2.24, 2.45) is 5.73 Å². The summed E-state index contributed by atoms with van der Waals surface area (Å²) in [5.41, 5.74) is 9.83. The molecule has 0 bridgehead atoms. The second kappa shape index (κ2) is 6.62. The lowest BCUT2D eigenvalue weighted by atomic mass is 10.0. The van der Waals surface area contributed by atoms with Gasteiger partial charge in [0.25, 0.3) is 5.91 Å². The van der Waals surface area contributed by atoms with Gasteiger partial charge in [-0.2, -0.15) is 0 Å². The maximum Gasteiger partial charge on any atom is 0.250 e. The van der Waals surface area contributed by atoms with E-state index in [2.05, 4.69) is 13.0 Å². The van der Waals surface area contributed by atoms with Gasteiger partial charge < -0.3 is 15.6 Å². The van der Waals surface area contributed by atoms with Crippen LogP contribution in [0.2, 0.25) is 0 Å². The third kappa shape index (κ3) is 3.46. The van der Waals surface area contributed by atoms with Crippen molar-refractivity contribution in [3.63, 3.8) is 0 Å². The monoisotopic (exact) mass is 299 g/mol. The lowest BCUT2D eigenvalue weighted by Crippen LogP contribution is -2.22. The summed E-state index contributed by atoms with van der Waals surface area (Å²) < 4.78 is 5.87. The van der Waals surface area contributed by atoms with Gasteiger partial charge in [0.1, 0.15) is 12.4 Å². The second-order valence-corrected chi connectivity index (χ2v) is 5.49. The Balaban J connectivity index is 2.22. The topological polar surface area (TPSA) is 72.6 Å². The third-order valence-electron chi connectivity index (χ3n) is 3.79. The number of aliphatic hydroxyl groups excluding tert-OH is 1. The zero-order valence-electron chi connectivity index (χ0n) is 13.1. The Morgan fingerprint density at radius 2 is 1.77 bits per heavy atom. The predicted octanol–water partition coefficient (Wildman–Crippen LogP) is 2.71. The largest absolute Gasteiger partial charge is 0.489 e. The van der Waals surface area contributed by atoms with Gasteiger partial charge in [0.15, 0.2) is 6.10 Å². The molecule has 0 aliphatic rings. The number of primary amides is 1. The number of hydrogen-bond acceptors (Lipinski definition) is 3. The van der Waals surface area contributed by atoms with Crippen molar-refractivity contribution in [2.75, 3.05) is 0 Å². The SMILES string of the molecule is Cc1cc(C)c(OCc2ccccc2C(O)C(N)=O)cc1C. The molecule has 1 unspecified atom stereocenters. The summed E-state index contributed by atoms with van der Waals surface area (Å²) in [6, 6.07) is 11.2. The van der Waals surface area contributed by atoms with E-state index >= 15 is 0 Å². The molecule has 0 aliphatic carbocycles. The Bertz CT molecular complexity index is 695. The molecule has 2 aromatic rings. The molecule has 2 aromatic carbocycles. The molecule has 1 amide bonds. The maximum atomic E-state index is 11.2. The Morgan fingerprint density at radius 3 is 2.45 bits per heavy atom. The molecule has 0 heterocycles. The van der Waals surface area contributed by atoms with Gasteiger partial charge in [0.05, 0.1) is 0 Å². The van der Waals surface area contributed by atoms with Gasteiger partial charge in [-0.25, -0.2) is 0 Å². The highest BCUT2D eigenvalue weighted by Gasteiger charge is 2.17. The van der Waals surface area contributed by atoms with Crippen molar-refractivity contribution in [2.45, 2.75) is 33.5 Å². The van der Waals surface area contributed by atoms with E-state index in [4.69, 9.17) is 10.5 Å². The summed E-state index contributed by atoms with van der Waals surface area (Å²) in [5, 5.41) is 9.88. The van der Waals surface area contributed by atoms with Crippen LogP contribution in [0.15, 0.2) is 36.4 Å². The van der Waals surface area contributed by atoms with E-state index in [0.29, 0.717) is 5.56 Å². The number of carbonyl (C=O) groups excluding carboxylic acids is 1. The first-order valence-corrected chi connectivity index (χ1v) is 7.16. The highest BCUT2D eigenvalue weighted by atomic mass is 16.5. The Hall–Kier alpha value is -2.33. The number of ether oxygens (including phenoxy) is 1. The zero-order valence-corrected chi connectivity index (χ0v) is 13.1. The van der Waals surface area contributed by atoms with Crippen LogP contribution < -0.4 is 10.5 Å². The number of nitrogens with two attached hydrogens (primary N) is 1. The van der Waals surface area contributed by atoms with Gasteiger partial charge in [-0.3, -0.25) is 4.79 Å². The average molecular weight is 299 g/mol. The Kier molecular flexibility index (Phi) is 4.83. The number of aliphatic hydroxyl groups is 1. The Labute approximate surface area is 130 Å². The molecule has 4 heteroatoms. The lowest BCUT2D eigenvalue weighted by molar-refractivity contribution is -0.126. The van der Waals surface area contributed by atoms with Crippen LogP contribution in [-0.2, 0) is 11.4 Å². The highest BCUT2D eigenvalue weighted by molar-refractivity contribution is 5.80. The Morgan fingerprint density at radius 1 is 1.14 bits per heavy atom. The third-order valence-corrected chi connectivity index (χ3v) is 3.79. The number of aryl methyl sites for hydroxylation is 3. The fourth-order valence-electron chi connectivity index (χ4n) is 2.33. The lowest BCUT2D eigenvalue weighted by Gasteiger charge is -2.15. The van der Waals surface area contributed by atoms with E-state index in [0.717, 1.165) is 22.4 Å². The minimum Gasteiger partial charge on any atom is -0.489 e. The molecule has 22 heavy (non-hydrogen) atoms. The van der Waals surface area contributed by atoms with Crippen molar-refractivity contribution >= 4 is 5.91 Å². The van der Waals surface area contributed by atoms with Crippen LogP contribution in [0.25, 0.3) is 0 Å². The molecular weight excluding hydrogens is 278 g/mol. The van der Waals surface area contributed by atoms with E-state index in [9.17, 15) is 9.90 Å². The molecule has 0 radical (unpaired) electrons. The molecule has 0 fully saturated rings. The van der Waals surface area contributed by atoms with E-state index in [1.54, 1.807) is 12.1 Å². The van der Waals surface area contributed by atoms with Crippen LogP contribution in [0.4, 0.5) is 0 Å². The smallest absolute Gasteiger partial charge is 0.250 e. The fourth-order valence-corrected chi connectivity index (χ4v) is 2.33. The normalized spacial score (nSPS) is 12.0. The van der Waals surface area contributed by atoms with Gasteiger partial charge in [0.2, 0.25) is 0 Å². The summed E-state index contributed by atoms with van der Waals surface area (Å²) in [6.45, 7) is 6.35.